The van der Waals surface area contributed by atoms with Crippen LogP contribution in [0, 0.1) is 5.92 Å². The Hall–Kier alpha value is -1.10. The molecule has 5 heteroatoms. The Balaban J connectivity index is 2.15. The summed E-state index contributed by atoms with van der Waals surface area (Å²) in [6.45, 7) is 2.95. The minimum Gasteiger partial charge on any atom is -0.308 e. The van der Waals surface area contributed by atoms with Gasteiger partial charge in [-0.15, -0.1) is 0 Å². The summed E-state index contributed by atoms with van der Waals surface area (Å²) in [5.41, 5.74) is 0.0558. The maximum atomic E-state index is 12.6. The second-order valence-corrected chi connectivity index (χ2v) is 5.45. The topological polar surface area (TPSA) is 24.9 Å². The van der Waals surface area contributed by atoms with Crippen LogP contribution in [0.4, 0.5) is 13.2 Å². The van der Waals surface area contributed by atoms with Crippen molar-refractivity contribution in [3.8, 4) is 0 Å². The second kappa shape index (κ2) is 6.57. The SMILES string of the molecule is CCCNC(c1ccc(C(F)(F)F)cn1)C1CCCC1. The molecule has 20 heavy (non-hydrogen) atoms. The fraction of sp³-hybridized carbons (Fsp3) is 0.667. The lowest BCUT2D eigenvalue weighted by atomic mass is 9.94. The maximum Gasteiger partial charge on any atom is 0.417 e. The van der Waals surface area contributed by atoms with Crippen molar-refractivity contribution in [1.82, 2.24) is 10.3 Å². The van der Waals surface area contributed by atoms with Crippen molar-refractivity contribution in [3.63, 3.8) is 0 Å². The molecule has 1 aliphatic carbocycles. The summed E-state index contributed by atoms with van der Waals surface area (Å²) in [5, 5.41) is 3.44. The summed E-state index contributed by atoms with van der Waals surface area (Å²) < 4.78 is 37.7. The van der Waals surface area contributed by atoms with E-state index in [4.69, 9.17) is 0 Å². The van der Waals surface area contributed by atoms with Crippen LogP contribution in [0.5, 0.6) is 0 Å². The molecular weight excluding hydrogens is 265 g/mol. The van der Waals surface area contributed by atoms with E-state index in [9.17, 15) is 13.2 Å². The fourth-order valence-corrected chi connectivity index (χ4v) is 2.86. The molecule has 1 saturated carbocycles. The van der Waals surface area contributed by atoms with Crippen LogP contribution < -0.4 is 5.32 Å². The van der Waals surface area contributed by atoms with Gasteiger partial charge in [0.1, 0.15) is 0 Å². The summed E-state index contributed by atoms with van der Waals surface area (Å²) in [6.07, 6.45) is 2.30. The summed E-state index contributed by atoms with van der Waals surface area (Å²) in [7, 11) is 0. The predicted octanol–water partition coefficient (Wildman–Crippen LogP) is 4.33. The molecule has 0 spiro atoms. The van der Waals surface area contributed by atoms with Crippen molar-refractivity contribution >= 4 is 0 Å². The van der Waals surface area contributed by atoms with Gasteiger partial charge in [0.2, 0.25) is 0 Å². The zero-order valence-corrected chi connectivity index (χ0v) is 11.7. The molecular formula is C15H21F3N2. The number of alkyl halides is 3. The van der Waals surface area contributed by atoms with E-state index in [0.29, 0.717) is 5.92 Å². The van der Waals surface area contributed by atoms with Crippen LogP contribution in [-0.4, -0.2) is 11.5 Å². The van der Waals surface area contributed by atoms with Crippen LogP contribution in [0.15, 0.2) is 18.3 Å². The van der Waals surface area contributed by atoms with Gasteiger partial charge in [0.15, 0.2) is 0 Å². The van der Waals surface area contributed by atoms with Crippen molar-refractivity contribution in [1.29, 1.82) is 0 Å². The lowest BCUT2D eigenvalue weighted by Gasteiger charge is -2.24. The van der Waals surface area contributed by atoms with Gasteiger partial charge in [0.05, 0.1) is 17.3 Å². The molecule has 0 bridgehead atoms. The molecule has 1 fully saturated rings. The number of hydrogen-bond donors (Lipinski definition) is 1. The summed E-state index contributed by atoms with van der Waals surface area (Å²) in [6, 6.07) is 2.74. The third kappa shape index (κ3) is 3.72. The van der Waals surface area contributed by atoms with Crippen molar-refractivity contribution in [2.24, 2.45) is 5.92 Å². The van der Waals surface area contributed by atoms with Crippen LogP contribution in [0.1, 0.15) is 56.3 Å². The Kier molecular flexibility index (Phi) is 5.02. The van der Waals surface area contributed by atoms with E-state index in [1.807, 2.05) is 0 Å². The number of nitrogens with one attached hydrogen (secondary N) is 1. The first-order valence-electron chi connectivity index (χ1n) is 7.29. The number of hydrogen-bond acceptors (Lipinski definition) is 2. The molecule has 2 nitrogen and oxygen atoms in total. The molecule has 0 aromatic carbocycles. The quantitative estimate of drug-likeness (QED) is 0.871. The highest BCUT2D eigenvalue weighted by Gasteiger charge is 2.32. The molecule has 112 valence electrons. The highest BCUT2D eigenvalue weighted by molar-refractivity contribution is 5.19. The highest BCUT2D eigenvalue weighted by Crippen LogP contribution is 2.36. The number of pyridine rings is 1. The van der Waals surface area contributed by atoms with Crippen LogP contribution in [0.25, 0.3) is 0 Å². The zero-order valence-electron chi connectivity index (χ0n) is 11.7. The number of halogens is 3. The van der Waals surface area contributed by atoms with Gasteiger partial charge in [-0.3, -0.25) is 4.98 Å². The summed E-state index contributed by atoms with van der Waals surface area (Å²) >= 11 is 0. The van der Waals surface area contributed by atoms with Gasteiger partial charge in [0, 0.05) is 6.20 Å². The minimum absolute atomic E-state index is 0.0831. The van der Waals surface area contributed by atoms with Gasteiger partial charge in [-0.2, -0.15) is 13.2 Å². The molecule has 0 saturated heterocycles. The van der Waals surface area contributed by atoms with Crippen LogP contribution >= 0.6 is 0 Å². The third-order valence-corrected chi connectivity index (χ3v) is 3.92. The third-order valence-electron chi connectivity index (χ3n) is 3.92. The van der Waals surface area contributed by atoms with Crippen molar-refractivity contribution in [2.45, 2.75) is 51.2 Å². The molecule has 2 rings (SSSR count). The fourth-order valence-electron chi connectivity index (χ4n) is 2.86. The van der Waals surface area contributed by atoms with Gasteiger partial charge in [-0.25, -0.2) is 0 Å². The summed E-state index contributed by atoms with van der Waals surface area (Å²) in [5.74, 6) is 0.491. The first-order valence-corrected chi connectivity index (χ1v) is 7.29. The molecule has 0 amide bonds. The number of nitrogens with zero attached hydrogens (tertiary/aromatic N) is 1. The maximum absolute atomic E-state index is 12.6. The largest absolute Gasteiger partial charge is 0.417 e. The Labute approximate surface area is 117 Å². The summed E-state index contributed by atoms with van der Waals surface area (Å²) in [4.78, 5) is 4.06. The molecule has 1 aromatic heterocycles. The van der Waals surface area contributed by atoms with E-state index in [1.54, 1.807) is 0 Å². The first-order chi connectivity index (χ1) is 9.52. The minimum atomic E-state index is -4.31. The van der Waals surface area contributed by atoms with Crippen LogP contribution in [-0.2, 0) is 6.18 Å². The zero-order chi connectivity index (χ0) is 14.6. The van der Waals surface area contributed by atoms with Crippen molar-refractivity contribution in [2.75, 3.05) is 6.54 Å². The number of aromatic nitrogens is 1. The average Bonchev–Trinajstić information content (AvgIpc) is 2.93. The van der Waals surface area contributed by atoms with Gasteiger partial charge >= 0.3 is 6.18 Å². The Bertz CT molecular complexity index is 408. The first kappa shape index (κ1) is 15.3. The van der Waals surface area contributed by atoms with Crippen molar-refractivity contribution in [3.05, 3.63) is 29.6 Å². The predicted molar refractivity (Wildman–Crippen MR) is 72.2 cm³/mol. The Morgan fingerprint density at radius 1 is 1.30 bits per heavy atom. The van der Waals surface area contributed by atoms with Gasteiger partial charge < -0.3 is 5.32 Å². The van der Waals surface area contributed by atoms with E-state index < -0.39 is 11.7 Å². The van der Waals surface area contributed by atoms with E-state index >= 15 is 0 Å². The molecule has 1 atom stereocenters. The van der Waals surface area contributed by atoms with Gasteiger partial charge in [-0.05, 0) is 43.9 Å². The number of rotatable bonds is 5. The molecule has 1 aromatic rings. The molecule has 1 heterocycles. The second-order valence-electron chi connectivity index (χ2n) is 5.45. The standard InChI is InChI=1S/C15H21F3N2/c1-2-9-19-14(11-5-3-4-6-11)13-8-7-12(10-20-13)15(16,17)18/h7-8,10-11,14,19H,2-6,9H2,1H3. The smallest absolute Gasteiger partial charge is 0.308 e. The monoisotopic (exact) mass is 286 g/mol. The lowest BCUT2D eigenvalue weighted by Crippen LogP contribution is -2.28. The van der Waals surface area contributed by atoms with Gasteiger partial charge in [-0.1, -0.05) is 19.8 Å². The van der Waals surface area contributed by atoms with E-state index in [1.165, 1.54) is 18.9 Å². The molecule has 1 aliphatic rings. The molecule has 0 radical (unpaired) electrons. The van der Waals surface area contributed by atoms with E-state index in [-0.39, 0.29) is 6.04 Å². The van der Waals surface area contributed by atoms with E-state index in [0.717, 1.165) is 43.8 Å². The normalized spacial score (nSPS) is 18.4. The van der Waals surface area contributed by atoms with E-state index in [2.05, 4.69) is 17.2 Å². The van der Waals surface area contributed by atoms with Crippen LogP contribution in [0.3, 0.4) is 0 Å². The molecule has 0 aliphatic heterocycles. The average molecular weight is 286 g/mol. The Morgan fingerprint density at radius 3 is 2.50 bits per heavy atom. The highest BCUT2D eigenvalue weighted by atomic mass is 19.4. The Morgan fingerprint density at radius 2 is 2.00 bits per heavy atom. The molecule has 1 N–H and O–H groups in total. The van der Waals surface area contributed by atoms with Crippen LogP contribution in [0.2, 0.25) is 0 Å². The molecule has 1 unspecified atom stereocenters. The lowest BCUT2D eigenvalue weighted by molar-refractivity contribution is -0.137. The van der Waals surface area contributed by atoms with Crippen molar-refractivity contribution < 1.29 is 13.2 Å². The van der Waals surface area contributed by atoms with Gasteiger partial charge in [0.25, 0.3) is 0 Å².